The van der Waals surface area contributed by atoms with E-state index in [1.165, 1.54) is 0 Å². The molecule has 24 heavy (non-hydrogen) atoms. The molecular formula is C17H24N2O5. The van der Waals surface area contributed by atoms with Crippen molar-refractivity contribution in [3.63, 3.8) is 0 Å². The van der Waals surface area contributed by atoms with Gasteiger partial charge in [0.2, 0.25) is 0 Å². The largest absolute Gasteiger partial charge is 0.481 e. The quantitative estimate of drug-likeness (QED) is 0.689. The first kappa shape index (κ1) is 18.2. The van der Waals surface area contributed by atoms with Gasteiger partial charge in [0, 0.05) is 32.1 Å². The number of rotatable bonds is 7. The number of likely N-dealkylation sites (tertiary alicyclic amines) is 1. The van der Waals surface area contributed by atoms with E-state index in [0.29, 0.717) is 26.1 Å². The minimum Gasteiger partial charge on any atom is -0.481 e. The van der Waals surface area contributed by atoms with Gasteiger partial charge in [-0.25, -0.2) is 4.79 Å². The molecule has 0 aromatic heterocycles. The Morgan fingerprint density at radius 1 is 1.25 bits per heavy atom. The zero-order valence-electron chi connectivity index (χ0n) is 13.6. The maximum Gasteiger partial charge on any atom is 0.407 e. The second kappa shape index (κ2) is 9.24. The predicted octanol–water partition coefficient (Wildman–Crippen LogP) is 1.07. The lowest BCUT2D eigenvalue weighted by atomic mass is 9.91. The van der Waals surface area contributed by atoms with E-state index in [1.807, 2.05) is 35.2 Å². The highest BCUT2D eigenvalue weighted by molar-refractivity contribution is 5.68. The highest BCUT2D eigenvalue weighted by Crippen LogP contribution is 2.20. The number of aliphatic hydroxyl groups is 1. The van der Waals surface area contributed by atoms with Gasteiger partial charge in [-0.15, -0.1) is 0 Å². The standard InChI is InChI=1S/C17H24N2O5/c20-7-6-19-10-14(9-16(21)22)8-15(11-19)18-17(23)24-12-13-4-2-1-3-5-13/h1-5,14-15,20H,6-12H2,(H,18,23)(H,21,22). The molecule has 1 aromatic carbocycles. The monoisotopic (exact) mass is 336 g/mol. The average molecular weight is 336 g/mol. The topological polar surface area (TPSA) is 99.1 Å². The van der Waals surface area contributed by atoms with Gasteiger partial charge in [-0.05, 0) is 17.9 Å². The summed E-state index contributed by atoms with van der Waals surface area (Å²) < 4.78 is 5.21. The van der Waals surface area contributed by atoms with E-state index in [2.05, 4.69) is 5.32 Å². The molecule has 0 saturated carbocycles. The second-order valence-corrected chi connectivity index (χ2v) is 6.09. The number of hydrogen-bond acceptors (Lipinski definition) is 5. The van der Waals surface area contributed by atoms with Gasteiger partial charge in [-0.1, -0.05) is 30.3 Å². The number of nitrogens with one attached hydrogen (secondary N) is 1. The molecule has 7 heteroatoms. The summed E-state index contributed by atoms with van der Waals surface area (Å²) in [6.45, 7) is 1.86. The normalized spacial score (nSPS) is 21.2. The van der Waals surface area contributed by atoms with Crippen molar-refractivity contribution in [1.82, 2.24) is 10.2 Å². The van der Waals surface area contributed by atoms with Crippen LogP contribution in [0.2, 0.25) is 0 Å². The summed E-state index contributed by atoms with van der Waals surface area (Å²) in [6.07, 6.45) is 0.136. The van der Waals surface area contributed by atoms with Gasteiger partial charge in [-0.3, -0.25) is 9.69 Å². The number of carbonyl (C=O) groups is 2. The number of nitrogens with zero attached hydrogens (tertiary/aromatic N) is 1. The number of alkyl carbamates (subject to hydrolysis) is 1. The van der Waals surface area contributed by atoms with E-state index in [-0.39, 0.29) is 31.6 Å². The van der Waals surface area contributed by atoms with Crippen molar-refractivity contribution in [1.29, 1.82) is 0 Å². The number of benzene rings is 1. The Bertz CT molecular complexity index is 537. The van der Waals surface area contributed by atoms with Crippen LogP contribution in [0.15, 0.2) is 30.3 Å². The third kappa shape index (κ3) is 6.17. The second-order valence-electron chi connectivity index (χ2n) is 6.09. The Labute approximate surface area is 141 Å². The van der Waals surface area contributed by atoms with Crippen LogP contribution in [0.5, 0.6) is 0 Å². The van der Waals surface area contributed by atoms with Crippen molar-refractivity contribution in [2.75, 3.05) is 26.2 Å². The molecule has 1 aliphatic heterocycles. The molecule has 1 aliphatic rings. The summed E-state index contributed by atoms with van der Waals surface area (Å²) >= 11 is 0. The van der Waals surface area contributed by atoms with Gasteiger partial charge in [-0.2, -0.15) is 0 Å². The fraction of sp³-hybridized carbons (Fsp3) is 0.529. The maximum atomic E-state index is 12.0. The van der Waals surface area contributed by atoms with Gasteiger partial charge in [0.25, 0.3) is 0 Å². The first-order valence-electron chi connectivity index (χ1n) is 8.09. The van der Waals surface area contributed by atoms with Crippen LogP contribution >= 0.6 is 0 Å². The van der Waals surface area contributed by atoms with E-state index in [4.69, 9.17) is 14.9 Å². The third-order valence-corrected chi connectivity index (χ3v) is 4.03. The molecular weight excluding hydrogens is 312 g/mol. The molecule has 7 nitrogen and oxygen atoms in total. The lowest BCUT2D eigenvalue weighted by Crippen LogP contribution is -2.51. The van der Waals surface area contributed by atoms with Crippen molar-refractivity contribution in [3.8, 4) is 0 Å². The fourth-order valence-corrected chi connectivity index (χ4v) is 3.06. The minimum atomic E-state index is -0.851. The lowest BCUT2D eigenvalue weighted by molar-refractivity contribution is -0.138. The number of carboxylic acid groups (broad SMARTS) is 1. The number of amides is 1. The Balaban J connectivity index is 1.84. The van der Waals surface area contributed by atoms with Crippen molar-refractivity contribution < 1.29 is 24.5 Å². The van der Waals surface area contributed by atoms with Crippen molar-refractivity contribution in [2.24, 2.45) is 5.92 Å². The van der Waals surface area contributed by atoms with Crippen molar-refractivity contribution >= 4 is 12.1 Å². The van der Waals surface area contributed by atoms with E-state index in [1.54, 1.807) is 0 Å². The maximum absolute atomic E-state index is 12.0. The number of hydrogen-bond donors (Lipinski definition) is 3. The number of β-amino-alcohol motifs (C(OH)–C–C–N with tert-alkyl or cyclic N) is 1. The number of aliphatic hydroxyl groups excluding tert-OH is 1. The summed E-state index contributed by atoms with van der Waals surface area (Å²) in [7, 11) is 0. The zero-order valence-corrected chi connectivity index (χ0v) is 13.6. The molecule has 2 rings (SSSR count). The lowest BCUT2D eigenvalue weighted by Gasteiger charge is -2.37. The summed E-state index contributed by atoms with van der Waals surface area (Å²) in [5, 5.41) is 20.9. The third-order valence-electron chi connectivity index (χ3n) is 4.03. The minimum absolute atomic E-state index is 0.00493. The van der Waals surface area contributed by atoms with Crippen LogP contribution in [-0.2, 0) is 16.1 Å². The van der Waals surface area contributed by atoms with E-state index >= 15 is 0 Å². The molecule has 132 valence electrons. The number of ether oxygens (including phenoxy) is 1. The number of aliphatic carboxylic acids is 1. The summed E-state index contributed by atoms with van der Waals surface area (Å²) in [6, 6.07) is 9.21. The zero-order chi connectivity index (χ0) is 17.4. The Morgan fingerprint density at radius 3 is 2.67 bits per heavy atom. The van der Waals surface area contributed by atoms with E-state index < -0.39 is 12.1 Å². The van der Waals surface area contributed by atoms with Gasteiger partial charge in [0.1, 0.15) is 6.61 Å². The smallest absolute Gasteiger partial charge is 0.407 e. The molecule has 0 radical (unpaired) electrons. The molecule has 3 N–H and O–H groups in total. The molecule has 1 aromatic rings. The number of piperidine rings is 1. The molecule has 0 bridgehead atoms. The average Bonchev–Trinajstić information content (AvgIpc) is 2.53. The van der Waals surface area contributed by atoms with Crippen LogP contribution in [0.3, 0.4) is 0 Å². The van der Waals surface area contributed by atoms with Crippen LogP contribution in [0.1, 0.15) is 18.4 Å². The first-order valence-corrected chi connectivity index (χ1v) is 8.09. The van der Waals surface area contributed by atoms with Crippen molar-refractivity contribution in [2.45, 2.75) is 25.5 Å². The van der Waals surface area contributed by atoms with Gasteiger partial charge in [0.05, 0.1) is 6.61 Å². The highest BCUT2D eigenvalue weighted by atomic mass is 16.5. The summed E-state index contributed by atoms with van der Waals surface area (Å²) in [5.41, 5.74) is 0.905. The van der Waals surface area contributed by atoms with Crippen LogP contribution < -0.4 is 5.32 Å². The van der Waals surface area contributed by atoms with Crippen LogP contribution in [0, 0.1) is 5.92 Å². The van der Waals surface area contributed by atoms with Crippen LogP contribution in [0.4, 0.5) is 4.79 Å². The molecule has 1 saturated heterocycles. The highest BCUT2D eigenvalue weighted by Gasteiger charge is 2.29. The molecule has 2 unspecified atom stereocenters. The Hall–Kier alpha value is -2.12. The molecule has 0 aliphatic carbocycles. The van der Waals surface area contributed by atoms with E-state index in [0.717, 1.165) is 5.56 Å². The molecule has 1 fully saturated rings. The predicted molar refractivity (Wildman–Crippen MR) is 87.4 cm³/mol. The summed E-state index contributed by atoms with van der Waals surface area (Å²) in [4.78, 5) is 24.9. The SMILES string of the molecule is O=C(O)CC1CC(NC(=O)OCc2ccccc2)CN(CCO)C1. The number of carbonyl (C=O) groups excluding carboxylic acids is 1. The van der Waals surface area contributed by atoms with Gasteiger partial charge < -0.3 is 20.3 Å². The van der Waals surface area contributed by atoms with Gasteiger partial charge >= 0.3 is 12.1 Å². The van der Waals surface area contributed by atoms with Crippen LogP contribution in [-0.4, -0.2) is 59.5 Å². The molecule has 1 heterocycles. The van der Waals surface area contributed by atoms with Crippen molar-refractivity contribution in [3.05, 3.63) is 35.9 Å². The fourth-order valence-electron chi connectivity index (χ4n) is 3.06. The Kier molecular flexibility index (Phi) is 7.02. The van der Waals surface area contributed by atoms with E-state index in [9.17, 15) is 9.59 Å². The Morgan fingerprint density at radius 2 is 2.00 bits per heavy atom. The molecule has 1 amide bonds. The molecule has 0 spiro atoms. The van der Waals surface area contributed by atoms with Gasteiger partial charge in [0.15, 0.2) is 0 Å². The first-order chi connectivity index (χ1) is 11.6. The number of carboxylic acids is 1. The van der Waals surface area contributed by atoms with Crippen LogP contribution in [0.25, 0.3) is 0 Å². The summed E-state index contributed by atoms with van der Waals surface area (Å²) in [5.74, 6) is -0.904. The molecule has 2 atom stereocenters.